The van der Waals surface area contributed by atoms with Crippen LogP contribution in [0.25, 0.3) is 10.2 Å². The Morgan fingerprint density at radius 2 is 2.13 bits per heavy atom. The molecule has 0 unspecified atom stereocenters. The summed E-state index contributed by atoms with van der Waals surface area (Å²) in [6.45, 7) is 0.622. The van der Waals surface area contributed by atoms with E-state index in [1.54, 1.807) is 30.1 Å². The predicted molar refractivity (Wildman–Crippen MR) is 117 cm³/mol. The van der Waals surface area contributed by atoms with Crippen molar-refractivity contribution in [2.75, 3.05) is 12.9 Å². The summed E-state index contributed by atoms with van der Waals surface area (Å²) in [5.41, 5.74) is 1.38. The van der Waals surface area contributed by atoms with Gasteiger partial charge in [0.2, 0.25) is 5.91 Å². The van der Waals surface area contributed by atoms with Gasteiger partial charge in [-0.05, 0) is 29.6 Å². The van der Waals surface area contributed by atoms with E-state index in [1.807, 2.05) is 35.7 Å². The van der Waals surface area contributed by atoms with Crippen LogP contribution in [0.15, 0.2) is 68.5 Å². The molecule has 9 heteroatoms. The molecular formula is C21H19N3O4S2. The number of fused-ring (bicyclic) bond motifs is 1. The molecule has 0 aliphatic carbocycles. The number of ether oxygens (including phenoxy) is 1. The Balaban J connectivity index is 1.57. The van der Waals surface area contributed by atoms with Crippen LogP contribution in [0.4, 0.5) is 0 Å². The van der Waals surface area contributed by atoms with E-state index in [4.69, 9.17) is 9.15 Å². The van der Waals surface area contributed by atoms with E-state index < -0.39 is 0 Å². The largest absolute Gasteiger partial charge is 0.496 e. The van der Waals surface area contributed by atoms with Crippen molar-refractivity contribution in [3.63, 3.8) is 0 Å². The van der Waals surface area contributed by atoms with Crippen molar-refractivity contribution in [2.24, 2.45) is 0 Å². The lowest BCUT2D eigenvalue weighted by atomic mass is 10.2. The minimum Gasteiger partial charge on any atom is -0.496 e. The summed E-state index contributed by atoms with van der Waals surface area (Å²) in [5, 5.41) is 5.14. The van der Waals surface area contributed by atoms with Gasteiger partial charge >= 0.3 is 0 Å². The summed E-state index contributed by atoms with van der Waals surface area (Å²) in [7, 11) is 1.60. The molecule has 3 aromatic heterocycles. The minimum absolute atomic E-state index is 0.126. The molecule has 30 heavy (non-hydrogen) atoms. The van der Waals surface area contributed by atoms with Gasteiger partial charge in [-0.15, -0.1) is 11.3 Å². The summed E-state index contributed by atoms with van der Waals surface area (Å²) in [4.78, 5) is 30.0. The van der Waals surface area contributed by atoms with Gasteiger partial charge in [0, 0.05) is 5.56 Å². The molecule has 0 spiro atoms. The smallest absolute Gasteiger partial charge is 0.272 e. The molecule has 7 nitrogen and oxygen atoms in total. The van der Waals surface area contributed by atoms with E-state index in [-0.39, 0.29) is 17.2 Å². The number of amides is 1. The number of hydrogen-bond donors (Lipinski definition) is 1. The number of nitrogens with one attached hydrogen (secondary N) is 1. The Bertz CT molecular complexity index is 1210. The first-order valence-electron chi connectivity index (χ1n) is 9.17. The maximum atomic E-state index is 13.1. The summed E-state index contributed by atoms with van der Waals surface area (Å²) in [5.74, 6) is 1.34. The average molecular weight is 442 g/mol. The minimum atomic E-state index is -0.167. The highest BCUT2D eigenvalue weighted by Crippen LogP contribution is 2.24. The van der Waals surface area contributed by atoms with Crippen LogP contribution in [0.1, 0.15) is 11.3 Å². The van der Waals surface area contributed by atoms with Crippen molar-refractivity contribution >= 4 is 39.2 Å². The summed E-state index contributed by atoms with van der Waals surface area (Å²) >= 11 is 2.59. The van der Waals surface area contributed by atoms with E-state index >= 15 is 0 Å². The number of methoxy groups -OCH3 is 1. The Kier molecular flexibility index (Phi) is 6.20. The zero-order chi connectivity index (χ0) is 20.9. The Hall–Kier alpha value is -3.04. The van der Waals surface area contributed by atoms with Gasteiger partial charge in [0.25, 0.3) is 5.56 Å². The lowest BCUT2D eigenvalue weighted by molar-refractivity contribution is -0.118. The molecule has 1 N–H and O–H groups in total. The molecule has 0 saturated carbocycles. The SMILES string of the molecule is COc1ccccc1Cn1c(SCC(=O)NCc2ccco2)nc2ccsc2c1=O. The van der Waals surface area contributed by atoms with Crippen molar-refractivity contribution in [3.05, 3.63) is 75.8 Å². The van der Waals surface area contributed by atoms with Crippen LogP contribution in [0.2, 0.25) is 0 Å². The van der Waals surface area contributed by atoms with Crippen LogP contribution in [0.5, 0.6) is 5.75 Å². The number of rotatable bonds is 8. The summed E-state index contributed by atoms with van der Waals surface area (Å²) < 4.78 is 12.8. The molecule has 0 bridgehead atoms. The zero-order valence-corrected chi connectivity index (χ0v) is 17.8. The number of nitrogens with zero attached hydrogens (tertiary/aromatic N) is 2. The number of thioether (sulfide) groups is 1. The third kappa shape index (κ3) is 4.42. The lowest BCUT2D eigenvalue weighted by Crippen LogP contribution is -2.26. The number of aromatic nitrogens is 2. The normalized spacial score (nSPS) is 11.0. The van der Waals surface area contributed by atoms with Crippen LogP contribution in [0, 0.1) is 0 Å². The molecule has 1 aromatic carbocycles. The van der Waals surface area contributed by atoms with Crippen LogP contribution >= 0.6 is 23.1 Å². The van der Waals surface area contributed by atoms with Crippen molar-refractivity contribution in [3.8, 4) is 5.75 Å². The molecule has 154 valence electrons. The molecule has 0 fully saturated rings. The van der Waals surface area contributed by atoms with Crippen LogP contribution < -0.4 is 15.6 Å². The van der Waals surface area contributed by atoms with Gasteiger partial charge in [0.1, 0.15) is 16.2 Å². The zero-order valence-electron chi connectivity index (χ0n) is 16.2. The van der Waals surface area contributed by atoms with Gasteiger partial charge in [0.05, 0.1) is 37.7 Å². The molecule has 3 heterocycles. The number of thiophene rings is 1. The van der Waals surface area contributed by atoms with E-state index in [2.05, 4.69) is 10.3 Å². The fourth-order valence-electron chi connectivity index (χ4n) is 2.96. The summed E-state index contributed by atoms with van der Waals surface area (Å²) in [6.07, 6.45) is 1.56. The van der Waals surface area contributed by atoms with E-state index in [0.717, 1.165) is 5.56 Å². The van der Waals surface area contributed by atoms with Crippen molar-refractivity contribution in [1.29, 1.82) is 0 Å². The number of benzene rings is 1. The third-order valence-electron chi connectivity index (χ3n) is 4.42. The van der Waals surface area contributed by atoms with Gasteiger partial charge in [-0.1, -0.05) is 30.0 Å². The molecular weight excluding hydrogens is 422 g/mol. The van der Waals surface area contributed by atoms with Crippen molar-refractivity contribution in [2.45, 2.75) is 18.2 Å². The fourth-order valence-corrected chi connectivity index (χ4v) is 4.56. The molecule has 0 saturated heterocycles. The Labute approximate surface area is 180 Å². The van der Waals surface area contributed by atoms with Crippen molar-refractivity contribution < 1.29 is 13.9 Å². The average Bonchev–Trinajstić information content (AvgIpc) is 3.45. The van der Waals surface area contributed by atoms with Crippen LogP contribution in [-0.4, -0.2) is 28.3 Å². The predicted octanol–water partition coefficient (Wildman–Crippen LogP) is 3.52. The lowest BCUT2D eigenvalue weighted by Gasteiger charge is -2.14. The molecule has 0 aliphatic heterocycles. The fraction of sp³-hybridized carbons (Fsp3) is 0.190. The quantitative estimate of drug-likeness (QED) is 0.333. The number of para-hydroxylation sites is 1. The number of carbonyl (C=O) groups excluding carboxylic acids is 1. The highest BCUT2D eigenvalue weighted by Gasteiger charge is 2.16. The van der Waals surface area contributed by atoms with E-state index in [0.29, 0.717) is 40.0 Å². The second-order valence-electron chi connectivity index (χ2n) is 6.38. The maximum Gasteiger partial charge on any atom is 0.272 e. The molecule has 1 amide bonds. The Morgan fingerprint density at radius 1 is 1.27 bits per heavy atom. The van der Waals surface area contributed by atoms with Gasteiger partial charge in [-0.3, -0.25) is 14.2 Å². The Morgan fingerprint density at radius 3 is 2.93 bits per heavy atom. The number of carbonyl (C=O) groups is 1. The van der Waals surface area contributed by atoms with Gasteiger partial charge < -0.3 is 14.5 Å². The molecule has 4 aromatic rings. The topological polar surface area (TPSA) is 86.4 Å². The molecule has 0 atom stereocenters. The number of hydrogen-bond acceptors (Lipinski definition) is 7. The third-order valence-corrected chi connectivity index (χ3v) is 6.29. The first-order chi connectivity index (χ1) is 14.7. The van der Waals surface area contributed by atoms with Crippen molar-refractivity contribution in [1.82, 2.24) is 14.9 Å². The van der Waals surface area contributed by atoms with Gasteiger partial charge in [-0.25, -0.2) is 4.98 Å². The van der Waals surface area contributed by atoms with E-state index in [1.165, 1.54) is 23.1 Å². The van der Waals surface area contributed by atoms with Gasteiger partial charge in [-0.2, -0.15) is 0 Å². The first kappa shape index (κ1) is 20.2. The summed E-state index contributed by atoms with van der Waals surface area (Å²) in [6, 6.07) is 12.9. The van der Waals surface area contributed by atoms with Gasteiger partial charge in [0.15, 0.2) is 5.16 Å². The number of furan rings is 1. The maximum absolute atomic E-state index is 13.1. The first-order valence-corrected chi connectivity index (χ1v) is 11.0. The highest BCUT2D eigenvalue weighted by atomic mass is 32.2. The molecule has 0 radical (unpaired) electrons. The second kappa shape index (κ2) is 9.19. The molecule has 0 aliphatic rings. The van der Waals surface area contributed by atoms with E-state index in [9.17, 15) is 9.59 Å². The monoisotopic (exact) mass is 441 g/mol. The van der Waals surface area contributed by atoms with Crippen LogP contribution in [-0.2, 0) is 17.9 Å². The second-order valence-corrected chi connectivity index (χ2v) is 8.24. The van der Waals surface area contributed by atoms with Crippen LogP contribution in [0.3, 0.4) is 0 Å². The molecule has 4 rings (SSSR count). The highest BCUT2D eigenvalue weighted by molar-refractivity contribution is 7.99. The standard InChI is InChI=1S/C21H19N3O4S2/c1-27-17-7-3-2-5-14(17)12-24-20(26)19-16(8-10-29-19)23-21(24)30-13-18(25)22-11-15-6-4-9-28-15/h2-10H,11-13H2,1H3,(H,22,25).